The Kier molecular flexibility index (Phi) is 2.20. The molecule has 0 saturated heterocycles. The fraction of sp³-hybridized carbons (Fsp3) is 0. The van der Waals surface area contributed by atoms with Crippen LogP contribution in [0.5, 0.6) is 0 Å². The van der Waals surface area contributed by atoms with E-state index in [1.54, 1.807) is 12.4 Å². The van der Waals surface area contributed by atoms with E-state index in [0.717, 1.165) is 14.5 Å². The zero-order valence-corrected chi connectivity index (χ0v) is 9.24. The minimum atomic E-state index is 0.219. The van der Waals surface area contributed by atoms with Crippen molar-refractivity contribution in [1.29, 1.82) is 0 Å². The predicted octanol–water partition coefficient (Wildman–Crippen LogP) is 1.86. The lowest BCUT2D eigenvalue weighted by Crippen LogP contribution is -1.95. The first-order valence-electron chi connectivity index (χ1n) is 3.40. The molecule has 2 N–H and O–H groups in total. The molecule has 0 saturated carbocycles. The number of nitrogen functional groups attached to an aromatic ring is 1. The van der Waals surface area contributed by atoms with E-state index in [0.29, 0.717) is 5.82 Å². The lowest BCUT2D eigenvalue weighted by Gasteiger charge is -2.01. The largest absolute Gasteiger partial charge is 0.383 e. The smallest absolute Gasteiger partial charge is 0.222 e. The minimum Gasteiger partial charge on any atom is -0.383 e. The summed E-state index contributed by atoms with van der Waals surface area (Å²) in [7, 11) is 0. The van der Waals surface area contributed by atoms with Gasteiger partial charge in [-0.3, -0.25) is 0 Å². The highest BCUT2D eigenvalue weighted by Gasteiger charge is 2.05. The Bertz CT molecular complexity index is 473. The molecule has 0 unspecified atom stereocenters. The second-order valence-electron chi connectivity index (χ2n) is 2.39. The number of nitrogens with zero attached hydrogens (tertiary/aromatic N) is 3. The second kappa shape index (κ2) is 3.22. The van der Waals surface area contributed by atoms with Crippen molar-refractivity contribution in [1.82, 2.24) is 15.0 Å². The highest BCUT2D eigenvalue weighted by Crippen LogP contribution is 2.22. The van der Waals surface area contributed by atoms with E-state index in [1.165, 1.54) is 0 Å². The summed E-state index contributed by atoms with van der Waals surface area (Å²) >= 11 is 7.78. The Balaban J connectivity index is 2.92. The summed E-state index contributed by atoms with van der Waals surface area (Å²) < 4.78 is 0.908. The van der Waals surface area contributed by atoms with Gasteiger partial charge in [-0.15, -0.1) is 0 Å². The molecule has 0 aromatic carbocycles. The summed E-state index contributed by atoms with van der Waals surface area (Å²) in [5.74, 6) is 0.423. The minimum absolute atomic E-state index is 0.219. The Labute approximate surface area is 92.7 Å². The van der Waals surface area contributed by atoms with Gasteiger partial charge in [-0.2, -0.15) is 0 Å². The fourth-order valence-corrected chi connectivity index (χ4v) is 1.67. The van der Waals surface area contributed by atoms with Crippen LogP contribution in [0.4, 0.5) is 5.82 Å². The molecule has 6 heteroatoms. The first-order valence-corrected chi connectivity index (χ1v) is 4.86. The van der Waals surface area contributed by atoms with Crippen LogP contribution in [-0.4, -0.2) is 15.0 Å². The molecule has 2 heterocycles. The fourth-order valence-electron chi connectivity index (χ4n) is 0.987. The van der Waals surface area contributed by atoms with E-state index in [2.05, 4.69) is 37.5 Å². The first-order chi connectivity index (χ1) is 6.18. The lowest BCUT2D eigenvalue weighted by molar-refractivity contribution is 1.20. The first kappa shape index (κ1) is 8.89. The number of hydrogen-bond donors (Lipinski definition) is 1. The van der Waals surface area contributed by atoms with E-state index in [-0.39, 0.29) is 5.28 Å². The molecule has 0 fully saturated rings. The molecule has 0 aliphatic rings. The van der Waals surface area contributed by atoms with Crippen LogP contribution in [0.15, 0.2) is 12.4 Å². The van der Waals surface area contributed by atoms with Crippen molar-refractivity contribution in [3.63, 3.8) is 0 Å². The van der Waals surface area contributed by atoms with Crippen LogP contribution >= 0.6 is 34.2 Å². The van der Waals surface area contributed by atoms with Gasteiger partial charge in [0.2, 0.25) is 5.28 Å². The highest BCUT2D eigenvalue weighted by molar-refractivity contribution is 14.1. The zero-order valence-electron chi connectivity index (χ0n) is 6.33. The number of nitrogens with two attached hydrogens (primary N) is 1. The van der Waals surface area contributed by atoms with Crippen LogP contribution in [0.2, 0.25) is 5.28 Å². The maximum Gasteiger partial charge on any atom is 0.222 e. The molecule has 0 aliphatic carbocycles. The van der Waals surface area contributed by atoms with E-state index in [1.807, 2.05) is 0 Å². The van der Waals surface area contributed by atoms with Gasteiger partial charge in [-0.1, -0.05) is 0 Å². The van der Waals surface area contributed by atoms with Crippen LogP contribution < -0.4 is 5.73 Å². The van der Waals surface area contributed by atoms with E-state index in [9.17, 15) is 0 Å². The average Bonchev–Trinajstić information content (AvgIpc) is 2.12. The quantitative estimate of drug-likeness (QED) is 0.596. The standard InChI is InChI=1S/C7H4ClIN4/c8-7-12-1-3-5(13-7)4(9)2-11-6(3)10/h1-2H,(H2,10,11). The second-order valence-corrected chi connectivity index (χ2v) is 3.89. The zero-order chi connectivity index (χ0) is 9.42. The van der Waals surface area contributed by atoms with Gasteiger partial charge in [0.1, 0.15) is 5.82 Å². The monoisotopic (exact) mass is 306 g/mol. The van der Waals surface area contributed by atoms with Crippen LogP contribution in [0.1, 0.15) is 0 Å². The Morgan fingerprint density at radius 3 is 2.85 bits per heavy atom. The van der Waals surface area contributed by atoms with Gasteiger partial charge in [-0.25, -0.2) is 15.0 Å². The van der Waals surface area contributed by atoms with E-state index in [4.69, 9.17) is 17.3 Å². The molecular formula is C7H4ClIN4. The molecule has 0 atom stereocenters. The predicted molar refractivity (Wildman–Crippen MR) is 59.5 cm³/mol. The molecule has 0 bridgehead atoms. The van der Waals surface area contributed by atoms with Crippen LogP contribution in [-0.2, 0) is 0 Å². The van der Waals surface area contributed by atoms with Crippen LogP contribution in [0.3, 0.4) is 0 Å². The number of pyridine rings is 1. The number of halogens is 2. The highest BCUT2D eigenvalue weighted by atomic mass is 127. The van der Waals surface area contributed by atoms with Gasteiger partial charge < -0.3 is 5.73 Å². The number of rotatable bonds is 0. The summed E-state index contributed by atoms with van der Waals surface area (Å²) in [6.07, 6.45) is 3.23. The molecular weight excluding hydrogens is 302 g/mol. The molecule has 2 aromatic heterocycles. The SMILES string of the molecule is Nc1ncc(I)c2nc(Cl)ncc12. The molecule has 0 aliphatic heterocycles. The van der Waals surface area contributed by atoms with Crippen molar-refractivity contribution in [3.8, 4) is 0 Å². The van der Waals surface area contributed by atoms with Crippen LogP contribution in [0, 0.1) is 3.57 Å². The van der Waals surface area contributed by atoms with Gasteiger partial charge in [-0.05, 0) is 34.2 Å². The summed E-state index contributed by atoms with van der Waals surface area (Å²) in [4.78, 5) is 11.9. The maximum atomic E-state index is 5.66. The molecule has 4 nitrogen and oxygen atoms in total. The van der Waals surface area contributed by atoms with Gasteiger partial charge in [0.25, 0.3) is 0 Å². The summed E-state index contributed by atoms with van der Waals surface area (Å²) in [6, 6.07) is 0. The normalized spacial score (nSPS) is 10.6. The molecule has 0 amide bonds. The maximum absolute atomic E-state index is 5.66. The third-order valence-electron chi connectivity index (χ3n) is 1.58. The molecule has 66 valence electrons. The van der Waals surface area contributed by atoms with E-state index < -0.39 is 0 Å². The third-order valence-corrected chi connectivity index (χ3v) is 2.55. The molecule has 13 heavy (non-hydrogen) atoms. The number of aromatic nitrogens is 3. The van der Waals surface area contributed by atoms with Crippen molar-refractivity contribution in [3.05, 3.63) is 21.2 Å². The average molecular weight is 306 g/mol. The number of fused-ring (bicyclic) bond motifs is 1. The molecule has 0 radical (unpaired) electrons. The Morgan fingerprint density at radius 2 is 2.08 bits per heavy atom. The van der Waals surface area contributed by atoms with Gasteiger partial charge >= 0.3 is 0 Å². The van der Waals surface area contributed by atoms with Crippen molar-refractivity contribution in [2.45, 2.75) is 0 Å². The van der Waals surface area contributed by atoms with Crippen molar-refractivity contribution < 1.29 is 0 Å². The molecule has 2 aromatic rings. The summed E-state index contributed by atoms with van der Waals surface area (Å²) in [5.41, 5.74) is 6.38. The number of hydrogen-bond acceptors (Lipinski definition) is 4. The topological polar surface area (TPSA) is 64.7 Å². The van der Waals surface area contributed by atoms with Gasteiger partial charge in [0, 0.05) is 12.4 Å². The molecule has 2 rings (SSSR count). The van der Waals surface area contributed by atoms with Gasteiger partial charge in [0.05, 0.1) is 14.5 Å². The Morgan fingerprint density at radius 1 is 1.31 bits per heavy atom. The van der Waals surface area contributed by atoms with Gasteiger partial charge in [0.15, 0.2) is 0 Å². The van der Waals surface area contributed by atoms with Crippen LogP contribution in [0.25, 0.3) is 10.9 Å². The summed E-state index contributed by atoms with van der Waals surface area (Å²) in [6.45, 7) is 0. The lowest BCUT2D eigenvalue weighted by atomic mass is 10.3. The molecule has 0 spiro atoms. The number of anilines is 1. The van der Waals surface area contributed by atoms with Crippen molar-refractivity contribution in [2.24, 2.45) is 0 Å². The van der Waals surface area contributed by atoms with Crippen molar-refractivity contribution >= 4 is 50.9 Å². The Hall–Kier alpha value is -0.690. The third kappa shape index (κ3) is 1.53. The summed E-state index contributed by atoms with van der Waals surface area (Å²) in [5, 5.41) is 0.951. The van der Waals surface area contributed by atoms with Crippen molar-refractivity contribution in [2.75, 3.05) is 5.73 Å². The van der Waals surface area contributed by atoms with E-state index >= 15 is 0 Å².